The lowest BCUT2D eigenvalue weighted by molar-refractivity contribution is -0.384. The molecule has 3 aromatic carbocycles. The Bertz CT molecular complexity index is 1580. The molecule has 190 valence electrons. The largest absolute Gasteiger partial charge is 0.497 e. The van der Waals surface area contributed by atoms with Crippen LogP contribution >= 0.6 is 11.6 Å². The lowest BCUT2D eigenvalue weighted by atomic mass is 10.2. The highest BCUT2D eigenvalue weighted by Gasteiger charge is 2.40. The third-order valence-corrected chi connectivity index (χ3v) is 5.27. The number of fused-ring (bicyclic) bond motifs is 1. The van der Waals surface area contributed by atoms with Crippen LogP contribution in [-0.2, 0) is 6.18 Å². The van der Waals surface area contributed by atoms with Crippen LogP contribution in [0.15, 0.2) is 69.9 Å². The molecule has 1 heterocycles. The lowest BCUT2D eigenvalue weighted by Crippen LogP contribution is -2.15. The molecule has 0 N–H and O–H groups in total. The molecule has 0 aliphatic carbocycles. The summed E-state index contributed by atoms with van der Waals surface area (Å²) in [5.74, 6) is -3.73. The number of rotatable bonds is 6. The van der Waals surface area contributed by atoms with E-state index < -0.39 is 39.6 Å². The molecule has 0 aliphatic rings. The molecule has 0 amide bonds. The van der Waals surface area contributed by atoms with E-state index in [9.17, 15) is 32.9 Å². The molecule has 0 unspecified atom stereocenters. The van der Waals surface area contributed by atoms with E-state index in [1.165, 1.54) is 31.4 Å². The Morgan fingerprint density at radius 3 is 2.24 bits per heavy atom. The van der Waals surface area contributed by atoms with Crippen molar-refractivity contribution in [3.63, 3.8) is 0 Å². The van der Waals surface area contributed by atoms with Crippen molar-refractivity contribution in [2.24, 2.45) is 0 Å². The summed E-state index contributed by atoms with van der Waals surface area (Å²) in [5, 5.41) is 10.3. The molecule has 0 saturated carbocycles. The number of esters is 1. The molecule has 0 atom stereocenters. The summed E-state index contributed by atoms with van der Waals surface area (Å²) in [6.45, 7) is 0. The summed E-state index contributed by atoms with van der Waals surface area (Å²) in [7, 11) is 1.40. The van der Waals surface area contributed by atoms with E-state index >= 15 is 0 Å². The van der Waals surface area contributed by atoms with Gasteiger partial charge in [0.15, 0.2) is 0 Å². The van der Waals surface area contributed by atoms with E-state index in [1.807, 2.05) is 0 Å². The van der Waals surface area contributed by atoms with Gasteiger partial charge in [0.1, 0.15) is 22.8 Å². The van der Waals surface area contributed by atoms with Crippen LogP contribution in [0.1, 0.15) is 16.1 Å². The van der Waals surface area contributed by atoms with Crippen molar-refractivity contribution in [3.05, 3.63) is 97.3 Å². The maximum atomic E-state index is 13.8. The number of benzene rings is 3. The van der Waals surface area contributed by atoms with Crippen molar-refractivity contribution in [1.82, 2.24) is 0 Å². The van der Waals surface area contributed by atoms with E-state index in [4.69, 9.17) is 30.2 Å². The van der Waals surface area contributed by atoms with Gasteiger partial charge in [0.2, 0.25) is 11.2 Å². The number of hydrogen-bond donors (Lipinski definition) is 0. The van der Waals surface area contributed by atoms with Crippen molar-refractivity contribution in [2.75, 3.05) is 7.11 Å². The number of carbonyl (C=O) groups excluding carboxylic acids is 1. The van der Waals surface area contributed by atoms with Gasteiger partial charge >= 0.3 is 12.1 Å². The number of methoxy groups -OCH3 is 1. The highest BCUT2D eigenvalue weighted by atomic mass is 35.5. The third-order valence-electron chi connectivity index (χ3n) is 4.95. The van der Waals surface area contributed by atoms with Crippen LogP contribution in [0.2, 0.25) is 5.02 Å². The quantitative estimate of drug-likeness (QED) is 0.120. The number of non-ortho nitro benzene ring substituents is 1. The zero-order chi connectivity index (χ0) is 26.9. The van der Waals surface area contributed by atoms with Crippen LogP contribution in [0, 0.1) is 10.1 Å². The summed E-state index contributed by atoms with van der Waals surface area (Å²) in [4.78, 5) is 35.5. The molecule has 37 heavy (non-hydrogen) atoms. The molecule has 1 aromatic heterocycles. The average molecular weight is 536 g/mol. The smallest absolute Gasteiger partial charge is 0.453 e. The van der Waals surface area contributed by atoms with Crippen LogP contribution in [0.3, 0.4) is 0 Å². The van der Waals surface area contributed by atoms with Crippen LogP contribution < -0.4 is 19.6 Å². The standard InChI is InChI=1S/C24H13ClF3NO8/c1-34-13-3-5-14(6-4-13)35-21-20(30)17-9-7-15(11-19(17)37-22(21)24(26,27)28)36-23(31)16-8-2-12(29(32)33)10-18(16)25/h2-11H,1H3. The Morgan fingerprint density at radius 2 is 1.65 bits per heavy atom. The van der Waals surface area contributed by atoms with Crippen LogP contribution in [-0.4, -0.2) is 18.0 Å². The summed E-state index contributed by atoms with van der Waals surface area (Å²) >= 11 is 5.91. The fourth-order valence-electron chi connectivity index (χ4n) is 3.21. The molecule has 0 saturated heterocycles. The van der Waals surface area contributed by atoms with Crippen LogP contribution in [0.4, 0.5) is 18.9 Å². The van der Waals surface area contributed by atoms with Gasteiger partial charge in [0, 0.05) is 18.2 Å². The Hall–Kier alpha value is -4.58. The molecule has 0 spiro atoms. The third kappa shape index (κ3) is 5.33. The molecule has 0 fully saturated rings. The molecule has 0 aliphatic heterocycles. The first-order valence-electron chi connectivity index (χ1n) is 10.1. The number of nitrogens with zero attached hydrogens (tertiary/aromatic N) is 1. The van der Waals surface area contributed by atoms with E-state index in [0.29, 0.717) is 5.75 Å². The second-order valence-electron chi connectivity index (χ2n) is 7.33. The topological polar surface area (TPSA) is 118 Å². The Labute approximate surface area is 209 Å². The predicted octanol–water partition coefficient (Wildman–Crippen LogP) is 6.39. The number of ether oxygens (including phenoxy) is 3. The average Bonchev–Trinajstić information content (AvgIpc) is 2.85. The lowest BCUT2D eigenvalue weighted by Gasteiger charge is -2.14. The molecular formula is C24H13ClF3NO8. The molecule has 4 rings (SSSR count). The van der Waals surface area contributed by atoms with Crippen molar-refractivity contribution in [2.45, 2.75) is 6.18 Å². The van der Waals surface area contributed by atoms with Gasteiger partial charge in [-0.3, -0.25) is 14.9 Å². The number of nitro groups is 1. The first-order chi connectivity index (χ1) is 17.5. The highest BCUT2D eigenvalue weighted by Crippen LogP contribution is 2.39. The van der Waals surface area contributed by atoms with E-state index in [-0.39, 0.29) is 33.2 Å². The summed E-state index contributed by atoms with van der Waals surface area (Å²) in [6.07, 6.45) is -5.10. The molecule has 4 aromatic rings. The monoisotopic (exact) mass is 535 g/mol. The number of halogens is 4. The van der Waals surface area contributed by atoms with Crippen LogP contribution in [0.5, 0.6) is 23.0 Å². The van der Waals surface area contributed by atoms with E-state index in [2.05, 4.69) is 0 Å². The molecule has 0 bridgehead atoms. The van der Waals surface area contributed by atoms with Gasteiger partial charge in [-0.25, -0.2) is 4.79 Å². The van der Waals surface area contributed by atoms with Crippen molar-refractivity contribution in [3.8, 4) is 23.0 Å². The van der Waals surface area contributed by atoms with Gasteiger partial charge in [0.05, 0.1) is 28.0 Å². The molecule has 9 nitrogen and oxygen atoms in total. The second-order valence-corrected chi connectivity index (χ2v) is 7.74. The summed E-state index contributed by atoms with van der Waals surface area (Å²) < 4.78 is 61.6. The van der Waals surface area contributed by atoms with E-state index in [0.717, 1.165) is 36.4 Å². The Kier molecular flexibility index (Phi) is 6.77. The van der Waals surface area contributed by atoms with E-state index in [1.54, 1.807) is 0 Å². The minimum atomic E-state index is -5.10. The molecular weight excluding hydrogens is 523 g/mol. The van der Waals surface area contributed by atoms with Gasteiger partial charge in [-0.05, 0) is 42.5 Å². The van der Waals surface area contributed by atoms with Gasteiger partial charge < -0.3 is 18.6 Å². The van der Waals surface area contributed by atoms with Crippen molar-refractivity contribution in [1.29, 1.82) is 0 Å². The molecule has 13 heteroatoms. The Balaban J connectivity index is 1.71. The SMILES string of the molecule is COc1ccc(Oc2c(C(F)(F)F)oc3cc(OC(=O)c4ccc([N+](=O)[O-])cc4Cl)ccc3c2=O)cc1. The Morgan fingerprint density at radius 1 is 1.00 bits per heavy atom. The zero-order valence-electron chi connectivity index (χ0n) is 18.5. The first kappa shape index (κ1) is 25.5. The normalized spacial score (nSPS) is 11.3. The van der Waals surface area contributed by atoms with Gasteiger partial charge in [0.25, 0.3) is 11.4 Å². The summed E-state index contributed by atoms with van der Waals surface area (Å²) in [6, 6.07) is 11.7. The summed E-state index contributed by atoms with van der Waals surface area (Å²) in [5.41, 5.74) is -2.23. The second kappa shape index (κ2) is 9.82. The number of alkyl halides is 3. The minimum absolute atomic E-state index is 0.0662. The van der Waals surface area contributed by atoms with Crippen molar-refractivity contribution < 1.29 is 41.5 Å². The van der Waals surface area contributed by atoms with Crippen molar-refractivity contribution >= 4 is 34.2 Å². The number of carbonyl (C=O) groups is 1. The molecule has 0 radical (unpaired) electrons. The van der Waals surface area contributed by atoms with Crippen LogP contribution in [0.25, 0.3) is 11.0 Å². The fraction of sp³-hybridized carbons (Fsp3) is 0.0833. The predicted molar refractivity (Wildman–Crippen MR) is 124 cm³/mol. The fourth-order valence-corrected chi connectivity index (χ4v) is 3.46. The van der Waals surface area contributed by atoms with Gasteiger partial charge in [-0.2, -0.15) is 13.2 Å². The number of hydrogen-bond acceptors (Lipinski definition) is 8. The van der Waals surface area contributed by atoms with Gasteiger partial charge in [-0.1, -0.05) is 11.6 Å². The zero-order valence-corrected chi connectivity index (χ0v) is 19.3. The minimum Gasteiger partial charge on any atom is -0.497 e. The maximum absolute atomic E-state index is 13.8. The van der Waals surface area contributed by atoms with Gasteiger partial charge in [-0.15, -0.1) is 0 Å². The number of nitro benzene ring substituents is 1. The first-order valence-corrected chi connectivity index (χ1v) is 10.5. The highest BCUT2D eigenvalue weighted by molar-refractivity contribution is 6.33. The maximum Gasteiger partial charge on any atom is 0.453 e.